The summed E-state index contributed by atoms with van der Waals surface area (Å²) in [6.07, 6.45) is 0.283. The summed E-state index contributed by atoms with van der Waals surface area (Å²) in [7, 11) is 0. The first-order valence-corrected chi connectivity index (χ1v) is 8.55. The maximum Gasteiger partial charge on any atom is 0.260 e. The van der Waals surface area contributed by atoms with E-state index in [0.717, 1.165) is 11.3 Å². The lowest BCUT2D eigenvalue weighted by Gasteiger charge is -2.16. The van der Waals surface area contributed by atoms with E-state index in [0.29, 0.717) is 17.4 Å². The van der Waals surface area contributed by atoms with Crippen molar-refractivity contribution in [3.05, 3.63) is 64.7 Å². The number of benzene rings is 2. The quantitative estimate of drug-likeness (QED) is 0.686. The van der Waals surface area contributed by atoms with Crippen molar-refractivity contribution in [2.24, 2.45) is 0 Å². The van der Waals surface area contributed by atoms with Crippen LogP contribution in [0.1, 0.15) is 23.7 Å². The Morgan fingerprint density at radius 3 is 2.77 bits per heavy atom. The minimum Gasteiger partial charge on any atom is -0.334 e. The van der Waals surface area contributed by atoms with Crippen LogP contribution in [0.5, 0.6) is 0 Å². The van der Waals surface area contributed by atoms with Crippen LogP contribution in [0, 0.1) is 12.7 Å². The van der Waals surface area contributed by atoms with Gasteiger partial charge in [-0.2, -0.15) is 4.98 Å². The number of hydrogen-bond donors (Lipinski definition) is 0. The van der Waals surface area contributed by atoms with E-state index in [-0.39, 0.29) is 29.7 Å². The molecule has 0 spiro atoms. The predicted octanol–water partition coefficient (Wildman–Crippen LogP) is 4.36. The molecule has 1 amide bonds. The summed E-state index contributed by atoms with van der Waals surface area (Å²) < 4.78 is 19.2. The standard InChI is InChI=1S/C19H15ClFN3O2/c1-11-2-5-14(6-3-11)24-10-12(8-17(24)25)18-22-19(26-23-18)15-9-13(20)4-7-16(15)21/h2-7,9,12H,8,10H2,1H3. The summed E-state index contributed by atoms with van der Waals surface area (Å²) in [6, 6.07) is 11.9. The average molecular weight is 372 g/mol. The van der Waals surface area contributed by atoms with Crippen LogP contribution < -0.4 is 4.90 Å². The number of hydrogen-bond acceptors (Lipinski definition) is 4. The van der Waals surface area contributed by atoms with Crippen LogP contribution in [0.15, 0.2) is 47.0 Å². The van der Waals surface area contributed by atoms with Gasteiger partial charge in [0.25, 0.3) is 5.89 Å². The molecule has 0 N–H and O–H groups in total. The fourth-order valence-corrected chi connectivity index (χ4v) is 3.20. The molecule has 1 saturated heterocycles. The number of amides is 1. The summed E-state index contributed by atoms with van der Waals surface area (Å²) in [4.78, 5) is 18.4. The molecular formula is C19H15ClFN3O2. The second-order valence-electron chi connectivity index (χ2n) is 6.32. The lowest BCUT2D eigenvalue weighted by molar-refractivity contribution is -0.117. The summed E-state index contributed by atoms with van der Waals surface area (Å²) in [5, 5.41) is 4.32. The predicted molar refractivity (Wildman–Crippen MR) is 95.6 cm³/mol. The number of nitrogens with zero attached hydrogens (tertiary/aromatic N) is 3. The monoisotopic (exact) mass is 371 g/mol. The average Bonchev–Trinajstić information content (AvgIpc) is 3.25. The zero-order valence-electron chi connectivity index (χ0n) is 13.9. The molecular weight excluding hydrogens is 357 g/mol. The van der Waals surface area contributed by atoms with E-state index in [1.165, 1.54) is 18.2 Å². The van der Waals surface area contributed by atoms with Gasteiger partial charge in [-0.1, -0.05) is 34.5 Å². The molecule has 1 aliphatic rings. The van der Waals surface area contributed by atoms with E-state index in [2.05, 4.69) is 10.1 Å². The fraction of sp³-hybridized carbons (Fsp3) is 0.211. The summed E-state index contributed by atoms with van der Waals surface area (Å²) in [5.74, 6) is -0.250. The van der Waals surface area contributed by atoms with Crippen LogP contribution in [0.25, 0.3) is 11.5 Å². The van der Waals surface area contributed by atoms with Crippen molar-refractivity contribution in [2.45, 2.75) is 19.3 Å². The van der Waals surface area contributed by atoms with E-state index in [1.807, 2.05) is 31.2 Å². The Kier molecular flexibility index (Phi) is 4.20. The minimum atomic E-state index is -0.492. The molecule has 1 unspecified atom stereocenters. The largest absolute Gasteiger partial charge is 0.334 e. The zero-order valence-corrected chi connectivity index (χ0v) is 14.7. The molecule has 1 atom stereocenters. The summed E-state index contributed by atoms with van der Waals surface area (Å²) >= 11 is 5.91. The van der Waals surface area contributed by atoms with Gasteiger partial charge in [0.2, 0.25) is 5.91 Å². The van der Waals surface area contributed by atoms with Gasteiger partial charge in [0.1, 0.15) is 5.82 Å². The third-order valence-electron chi connectivity index (χ3n) is 4.44. The van der Waals surface area contributed by atoms with Gasteiger partial charge in [-0.05, 0) is 37.3 Å². The maximum absolute atomic E-state index is 14.0. The lowest BCUT2D eigenvalue weighted by atomic mass is 10.1. The molecule has 1 aliphatic heterocycles. The van der Waals surface area contributed by atoms with Crippen LogP contribution in [-0.4, -0.2) is 22.6 Å². The number of halogens is 2. The Morgan fingerprint density at radius 2 is 2.00 bits per heavy atom. The molecule has 26 heavy (non-hydrogen) atoms. The molecule has 5 nitrogen and oxygen atoms in total. The van der Waals surface area contributed by atoms with Crippen molar-refractivity contribution in [1.82, 2.24) is 10.1 Å². The molecule has 4 rings (SSSR count). The van der Waals surface area contributed by atoms with E-state index in [1.54, 1.807) is 4.90 Å². The molecule has 0 aliphatic carbocycles. The summed E-state index contributed by atoms with van der Waals surface area (Å²) in [5.41, 5.74) is 2.12. The van der Waals surface area contributed by atoms with Crippen LogP contribution >= 0.6 is 11.6 Å². The second kappa shape index (κ2) is 6.53. The Labute approximate surface area is 154 Å². The molecule has 132 valence electrons. The van der Waals surface area contributed by atoms with Crippen molar-refractivity contribution < 1.29 is 13.7 Å². The highest BCUT2D eigenvalue weighted by Gasteiger charge is 2.34. The van der Waals surface area contributed by atoms with Crippen molar-refractivity contribution in [3.63, 3.8) is 0 Å². The van der Waals surface area contributed by atoms with Gasteiger partial charge in [-0.15, -0.1) is 0 Å². The molecule has 2 heterocycles. The molecule has 1 aromatic heterocycles. The Balaban J connectivity index is 1.58. The van der Waals surface area contributed by atoms with Gasteiger partial charge in [-0.25, -0.2) is 4.39 Å². The highest BCUT2D eigenvalue weighted by atomic mass is 35.5. The first-order valence-electron chi connectivity index (χ1n) is 8.17. The fourth-order valence-electron chi connectivity index (χ4n) is 3.03. The van der Waals surface area contributed by atoms with Crippen LogP contribution in [0.4, 0.5) is 10.1 Å². The van der Waals surface area contributed by atoms with Gasteiger partial charge in [0.15, 0.2) is 5.82 Å². The third-order valence-corrected chi connectivity index (χ3v) is 4.67. The first-order chi connectivity index (χ1) is 12.5. The van der Waals surface area contributed by atoms with Gasteiger partial charge in [0.05, 0.1) is 5.56 Å². The summed E-state index contributed by atoms with van der Waals surface area (Å²) in [6.45, 7) is 2.45. The van der Waals surface area contributed by atoms with Gasteiger partial charge < -0.3 is 9.42 Å². The van der Waals surface area contributed by atoms with Crippen molar-refractivity contribution in [2.75, 3.05) is 11.4 Å². The number of aryl methyl sites for hydroxylation is 1. The topological polar surface area (TPSA) is 59.2 Å². The SMILES string of the molecule is Cc1ccc(N2CC(c3noc(-c4cc(Cl)ccc4F)n3)CC2=O)cc1. The molecule has 0 radical (unpaired) electrons. The van der Waals surface area contributed by atoms with Crippen molar-refractivity contribution in [3.8, 4) is 11.5 Å². The molecule has 7 heteroatoms. The van der Waals surface area contributed by atoms with Crippen LogP contribution in [-0.2, 0) is 4.79 Å². The molecule has 0 bridgehead atoms. The number of anilines is 1. The molecule has 1 fully saturated rings. The lowest BCUT2D eigenvalue weighted by Crippen LogP contribution is -2.24. The highest BCUT2D eigenvalue weighted by molar-refractivity contribution is 6.30. The number of rotatable bonds is 3. The second-order valence-corrected chi connectivity index (χ2v) is 6.76. The van der Waals surface area contributed by atoms with Crippen LogP contribution in [0.2, 0.25) is 5.02 Å². The van der Waals surface area contributed by atoms with E-state index in [4.69, 9.17) is 16.1 Å². The van der Waals surface area contributed by atoms with Crippen molar-refractivity contribution in [1.29, 1.82) is 0 Å². The highest BCUT2D eigenvalue weighted by Crippen LogP contribution is 2.32. The molecule has 0 saturated carbocycles. The minimum absolute atomic E-state index is 0.000797. The Morgan fingerprint density at radius 1 is 1.23 bits per heavy atom. The van der Waals surface area contributed by atoms with E-state index < -0.39 is 5.82 Å². The van der Waals surface area contributed by atoms with E-state index >= 15 is 0 Å². The van der Waals surface area contributed by atoms with Gasteiger partial charge in [0, 0.05) is 29.6 Å². The molecule has 2 aromatic carbocycles. The van der Waals surface area contributed by atoms with Crippen molar-refractivity contribution >= 4 is 23.2 Å². The molecule has 3 aromatic rings. The maximum atomic E-state index is 14.0. The first kappa shape index (κ1) is 16.7. The van der Waals surface area contributed by atoms with Crippen LogP contribution in [0.3, 0.4) is 0 Å². The number of aromatic nitrogens is 2. The number of carbonyl (C=O) groups is 1. The smallest absolute Gasteiger partial charge is 0.260 e. The zero-order chi connectivity index (χ0) is 18.3. The Hall–Kier alpha value is -2.73. The van der Waals surface area contributed by atoms with Gasteiger partial charge in [-0.3, -0.25) is 4.79 Å². The van der Waals surface area contributed by atoms with Gasteiger partial charge >= 0.3 is 0 Å². The third kappa shape index (κ3) is 3.08. The Bertz CT molecular complexity index is 971. The number of carbonyl (C=O) groups excluding carboxylic acids is 1. The normalized spacial score (nSPS) is 17.1. The van der Waals surface area contributed by atoms with E-state index in [9.17, 15) is 9.18 Å².